The third kappa shape index (κ3) is 3.69. The van der Waals surface area contributed by atoms with E-state index in [-0.39, 0.29) is 5.75 Å². The molecule has 0 radical (unpaired) electrons. The van der Waals surface area contributed by atoms with E-state index < -0.39 is 5.97 Å². The van der Waals surface area contributed by atoms with Crippen LogP contribution in [0.25, 0.3) is 11.4 Å². The zero-order chi connectivity index (χ0) is 13.8. The number of hydrogen-bond donors (Lipinski definition) is 2. The Labute approximate surface area is 114 Å². The van der Waals surface area contributed by atoms with Crippen LogP contribution in [0, 0.1) is 6.92 Å². The Morgan fingerprint density at radius 3 is 2.63 bits per heavy atom. The molecule has 0 aliphatic rings. The van der Waals surface area contributed by atoms with Gasteiger partial charge in [0.25, 0.3) is 0 Å². The quantitative estimate of drug-likeness (QED) is 0.657. The highest BCUT2D eigenvalue weighted by molar-refractivity contribution is 7.99. The predicted molar refractivity (Wildman–Crippen MR) is 75.0 cm³/mol. The van der Waals surface area contributed by atoms with Crippen LogP contribution in [0.4, 0.5) is 5.82 Å². The van der Waals surface area contributed by atoms with E-state index in [1.807, 2.05) is 31.2 Å². The number of anilines is 1. The van der Waals surface area contributed by atoms with Crippen molar-refractivity contribution in [1.82, 2.24) is 9.97 Å². The molecule has 2 rings (SSSR count). The average Bonchev–Trinajstić information content (AvgIpc) is 2.36. The van der Waals surface area contributed by atoms with Crippen molar-refractivity contribution in [3.05, 3.63) is 35.9 Å². The first-order chi connectivity index (χ1) is 9.04. The van der Waals surface area contributed by atoms with Gasteiger partial charge in [0.15, 0.2) is 5.82 Å². The molecule has 19 heavy (non-hydrogen) atoms. The summed E-state index contributed by atoms with van der Waals surface area (Å²) in [6.07, 6.45) is 0. The normalized spacial score (nSPS) is 10.4. The molecule has 1 aromatic carbocycles. The molecule has 0 unspecified atom stereocenters. The van der Waals surface area contributed by atoms with Gasteiger partial charge in [-0.05, 0) is 6.92 Å². The zero-order valence-electron chi connectivity index (χ0n) is 10.3. The van der Waals surface area contributed by atoms with Gasteiger partial charge >= 0.3 is 5.97 Å². The highest BCUT2D eigenvalue weighted by atomic mass is 32.2. The Kier molecular flexibility index (Phi) is 4.01. The summed E-state index contributed by atoms with van der Waals surface area (Å²) in [7, 11) is 0. The number of nitrogens with zero attached hydrogens (tertiary/aromatic N) is 2. The first-order valence-corrected chi connectivity index (χ1v) is 6.59. The third-order valence-corrected chi connectivity index (χ3v) is 3.27. The molecule has 0 aliphatic heterocycles. The first-order valence-electron chi connectivity index (χ1n) is 5.61. The number of aryl methyl sites for hydroxylation is 1. The minimum atomic E-state index is -0.890. The van der Waals surface area contributed by atoms with E-state index in [2.05, 4.69) is 9.97 Å². The van der Waals surface area contributed by atoms with E-state index in [0.29, 0.717) is 16.7 Å². The third-order valence-electron chi connectivity index (χ3n) is 2.38. The summed E-state index contributed by atoms with van der Waals surface area (Å²) in [4.78, 5) is 19.0. The van der Waals surface area contributed by atoms with Gasteiger partial charge in [-0.15, -0.1) is 0 Å². The summed E-state index contributed by atoms with van der Waals surface area (Å²) in [5.41, 5.74) is 7.72. The van der Waals surface area contributed by atoms with Crippen molar-refractivity contribution in [2.75, 3.05) is 11.5 Å². The van der Waals surface area contributed by atoms with Crippen LogP contribution in [-0.4, -0.2) is 26.8 Å². The maximum Gasteiger partial charge on any atom is 0.313 e. The number of hydrogen-bond acceptors (Lipinski definition) is 5. The van der Waals surface area contributed by atoms with E-state index >= 15 is 0 Å². The highest BCUT2D eigenvalue weighted by Gasteiger charge is 2.07. The number of rotatable bonds is 4. The number of carbonyl (C=O) groups is 1. The van der Waals surface area contributed by atoms with Crippen molar-refractivity contribution in [2.24, 2.45) is 0 Å². The Bertz CT molecular complexity index is 599. The summed E-state index contributed by atoms with van der Waals surface area (Å²) in [6.45, 7) is 2.00. The van der Waals surface area contributed by atoms with E-state index in [1.54, 1.807) is 6.07 Å². The minimum absolute atomic E-state index is 0.0518. The molecule has 0 aliphatic carbocycles. The molecule has 0 atom stereocenters. The number of aromatic nitrogens is 2. The van der Waals surface area contributed by atoms with Crippen LogP contribution in [0.3, 0.4) is 0 Å². The molecule has 1 aromatic heterocycles. The van der Waals surface area contributed by atoms with Crippen molar-refractivity contribution in [2.45, 2.75) is 11.9 Å². The zero-order valence-corrected chi connectivity index (χ0v) is 11.1. The van der Waals surface area contributed by atoms with Crippen LogP contribution in [0.5, 0.6) is 0 Å². The summed E-state index contributed by atoms with van der Waals surface area (Å²) < 4.78 is 0. The first kappa shape index (κ1) is 13.4. The van der Waals surface area contributed by atoms with E-state index in [1.165, 1.54) is 0 Å². The number of aliphatic carboxylic acids is 1. The number of benzene rings is 1. The predicted octanol–water partition coefficient (Wildman–Crippen LogP) is 2.21. The number of carboxylic acids is 1. The van der Waals surface area contributed by atoms with E-state index in [9.17, 15) is 4.79 Å². The second-order valence-electron chi connectivity index (χ2n) is 4.00. The smallest absolute Gasteiger partial charge is 0.313 e. The van der Waals surface area contributed by atoms with Crippen molar-refractivity contribution < 1.29 is 9.90 Å². The molecule has 0 amide bonds. The molecule has 6 heteroatoms. The molecule has 2 aromatic rings. The maximum absolute atomic E-state index is 10.6. The Balaban J connectivity index is 2.30. The molecule has 0 bridgehead atoms. The van der Waals surface area contributed by atoms with Gasteiger partial charge in [-0.25, -0.2) is 9.97 Å². The fourth-order valence-corrected chi connectivity index (χ4v) is 2.11. The molecule has 1 heterocycles. The number of nitrogen functional groups attached to an aromatic ring is 1. The average molecular weight is 275 g/mol. The van der Waals surface area contributed by atoms with Gasteiger partial charge in [0.1, 0.15) is 10.8 Å². The largest absolute Gasteiger partial charge is 0.481 e. The van der Waals surface area contributed by atoms with Gasteiger partial charge in [0.2, 0.25) is 0 Å². The van der Waals surface area contributed by atoms with Crippen molar-refractivity contribution in [3.8, 4) is 11.4 Å². The summed E-state index contributed by atoms with van der Waals surface area (Å²) in [5, 5.41) is 9.23. The molecule has 0 saturated carbocycles. The molecule has 3 N–H and O–H groups in total. The lowest BCUT2D eigenvalue weighted by atomic mass is 10.1. The lowest BCUT2D eigenvalue weighted by Gasteiger charge is -2.05. The molecule has 98 valence electrons. The standard InChI is InChI=1S/C13H13N3O2S/c1-8-2-4-9(5-3-8)13-15-10(14)6-11(16-13)19-7-12(17)18/h2-6H,7H2,1H3,(H,17,18)(H2,14,15,16). The maximum atomic E-state index is 10.6. The van der Waals surface area contributed by atoms with Gasteiger partial charge in [-0.1, -0.05) is 41.6 Å². The number of nitrogens with two attached hydrogens (primary N) is 1. The van der Waals surface area contributed by atoms with E-state index in [0.717, 1.165) is 22.9 Å². The number of thioether (sulfide) groups is 1. The fraction of sp³-hybridized carbons (Fsp3) is 0.154. The number of carboxylic acid groups (broad SMARTS) is 1. The second-order valence-corrected chi connectivity index (χ2v) is 5.00. The van der Waals surface area contributed by atoms with Crippen LogP contribution in [0.2, 0.25) is 0 Å². The Morgan fingerprint density at radius 2 is 2.00 bits per heavy atom. The van der Waals surface area contributed by atoms with Crippen LogP contribution < -0.4 is 5.73 Å². The lowest BCUT2D eigenvalue weighted by Crippen LogP contribution is -2.01. The minimum Gasteiger partial charge on any atom is -0.481 e. The van der Waals surface area contributed by atoms with Crippen LogP contribution >= 0.6 is 11.8 Å². The van der Waals surface area contributed by atoms with Crippen LogP contribution in [-0.2, 0) is 4.79 Å². The molecule has 0 saturated heterocycles. The van der Waals surface area contributed by atoms with Crippen molar-refractivity contribution in [1.29, 1.82) is 0 Å². The SMILES string of the molecule is Cc1ccc(-c2nc(N)cc(SCC(=O)O)n2)cc1. The Morgan fingerprint density at radius 1 is 1.32 bits per heavy atom. The van der Waals surface area contributed by atoms with Gasteiger partial charge in [-0.3, -0.25) is 4.79 Å². The van der Waals surface area contributed by atoms with Crippen molar-refractivity contribution in [3.63, 3.8) is 0 Å². The summed E-state index contributed by atoms with van der Waals surface area (Å²) >= 11 is 1.12. The van der Waals surface area contributed by atoms with Crippen molar-refractivity contribution >= 4 is 23.5 Å². The molecular weight excluding hydrogens is 262 g/mol. The lowest BCUT2D eigenvalue weighted by molar-refractivity contribution is -0.133. The fourth-order valence-electron chi connectivity index (χ4n) is 1.48. The highest BCUT2D eigenvalue weighted by Crippen LogP contribution is 2.22. The Hall–Kier alpha value is -2.08. The van der Waals surface area contributed by atoms with Gasteiger partial charge < -0.3 is 10.8 Å². The monoisotopic (exact) mass is 275 g/mol. The van der Waals surface area contributed by atoms with E-state index in [4.69, 9.17) is 10.8 Å². The summed E-state index contributed by atoms with van der Waals surface area (Å²) in [5.74, 6) is -0.102. The van der Waals surface area contributed by atoms with Gasteiger partial charge in [0.05, 0.1) is 5.75 Å². The molecule has 5 nitrogen and oxygen atoms in total. The van der Waals surface area contributed by atoms with Gasteiger partial charge in [0, 0.05) is 11.6 Å². The summed E-state index contributed by atoms with van der Waals surface area (Å²) in [6, 6.07) is 9.33. The second kappa shape index (κ2) is 5.71. The van der Waals surface area contributed by atoms with Gasteiger partial charge in [-0.2, -0.15) is 0 Å². The van der Waals surface area contributed by atoms with Crippen LogP contribution in [0.1, 0.15) is 5.56 Å². The van der Waals surface area contributed by atoms with Crippen LogP contribution in [0.15, 0.2) is 35.4 Å². The molecular formula is C13H13N3O2S. The molecule has 0 spiro atoms. The topological polar surface area (TPSA) is 89.1 Å². The molecule has 0 fully saturated rings.